The maximum Gasteiger partial charge on any atom is 0.373 e. The monoisotopic (exact) mass is 301 g/mol. The van der Waals surface area contributed by atoms with Crippen molar-refractivity contribution >= 4 is 33.2 Å². The summed E-state index contributed by atoms with van der Waals surface area (Å²) in [5, 5.41) is 8.92. The summed E-state index contributed by atoms with van der Waals surface area (Å²) in [7, 11) is 0. The SMILES string of the molecule is CCc1nc(-c2ccc(Br)s2)oc1C(=O)O. The van der Waals surface area contributed by atoms with Crippen LogP contribution in [-0.4, -0.2) is 16.1 Å². The van der Waals surface area contributed by atoms with Crippen LogP contribution in [0.3, 0.4) is 0 Å². The molecule has 16 heavy (non-hydrogen) atoms. The number of carbonyl (C=O) groups is 1. The predicted octanol–water partition coefficient (Wildman–Crippen LogP) is 3.43. The average Bonchev–Trinajstić information content (AvgIpc) is 2.82. The van der Waals surface area contributed by atoms with Gasteiger partial charge in [0.2, 0.25) is 11.7 Å². The molecule has 0 atom stereocenters. The minimum Gasteiger partial charge on any atom is -0.475 e. The summed E-state index contributed by atoms with van der Waals surface area (Å²) >= 11 is 4.79. The molecule has 0 radical (unpaired) electrons. The lowest BCUT2D eigenvalue weighted by Crippen LogP contribution is -1.98. The Bertz CT molecular complexity index is 532. The smallest absolute Gasteiger partial charge is 0.373 e. The van der Waals surface area contributed by atoms with Crippen LogP contribution in [0.15, 0.2) is 20.3 Å². The molecule has 6 heteroatoms. The third-order valence-electron chi connectivity index (χ3n) is 2.01. The number of thiophene rings is 1. The van der Waals surface area contributed by atoms with Crippen LogP contribution in [0.2, 0.25) is 0 Å². The summed E-state index contributed by atoms with van der Waals surface area (Å²) in [4.78, 5) is 15.9. The molecule has 2 aromatic rings. The second kappa shape index (κ2) is 4.39. The van der Waals surface area contributed by atoms with Crippen LogP contribution in [0.1, 0.15) is 23.2 Å². The number of hydrogen-bond acceptors (Lipinski definition) is 4. The van der Waals surface area contributed by atoms with Crippen molar-refractivity contribution in [3.05, 3.63) is 27.4 Å². The van der Waals surface area contributed by atoms with E-state index in [1.807, 2.05) is 19.1 Å². The summed E-state index contributed by atoms with van der Waals surface area (Å²) in [5.41, 5.74) is 0.479. The van der Waals surface area contributed by atoms with Crippen LogP contribution in [0.4, 0.5) is 0 Å². The second-order valence-electron chi connectivity index (χ2n) is 3.06. The van der Waals surface area contributed by atoms with Gasteiger partial charge in [0.15, 0.2) is 0 Å². The van der Waals surface area contributed by atoms with E-state index in [-0.39, 0.29) is 5.76 Å². The van der Waals surface area contributed by atoms with E-state index in [2.05, 4.69) is 20.9 Å². The Kier molecular flexibility index (Phi) is 3.11. The molecule has 2 rings (SSSR count). The summed E-state index contributed by atoms with van der Waals surface area (Å²) < 4.78 is 6.20. The lowest BCUT2D eigenvalue weighted by Gasteiger charge is -1.88. The number of halogens is 1. The number of aromatic nitrogens is 1. The quantitative estimate of drug-likeness (QED) is 0.943. The molecule has 0 aliphatic rings. The van der Waals surface area contributed by atoms with Gasteiger partial charge >= 0.3 is 5.97 Å². The molecule has 2 heterocycles. The van der Waals surface area contributed by atoms with Gasteiger partial charge in [-0.2, -0.15) is 0 Å². The van der Waals surface area contributed by atoms with Crippen LogP contribution in [0.25, 0.3) is 10.8 Å². The Morgan fingerprint density at radius 2 is 2.38 bits per heavy atom. The van der Waals surface area contributed by atoms with Crippen molar-refractivity contribution < 1.29 is 14.3 Å². The van der Waals surface area contributed by atoms with Crippen molar-refractivity contribution in [1.82, 2.24) is 4.98 Å². The van der Waals surface area contributed by atoms with E-state index in [1.165, 1.54) is 11.3 Å². The number of carboxylic acid groups (broad SMARTS) is 1. The molecule has 84 valence electrons. The van der Waals surface area contributed by atoms with Gasteiger partial charge in [-0.1, -0.05) is 6.92 Å². The number of hydrogen-bond donors (Lipinski definition) is 1. The second-order valence-corrected chi connectivity index (χ2v) is 5.52. The highest BCUT2D eigenvalue weighted by Crippen LogP contribution is 2.31. The minimum atomic E-state index is -1.08. The fourth-order valence-corrected chi connectivity index (χ4v) is 2.61. The molecule has 0 fully saturated rings. The van der Waals surface area contributed by atoms with Crippen molar-refractivity contribution in [3.8, 4) is 10.8 Å². The number of carboxylic acids is 1. The molecule has 0 spiro atoms. The Balaban J connectivity index is 2.47. The van der Waals surface area contributed by atoms with Gasteiger partial charge in [0, 0.05) is 0 Å². The fourth-order valence-electron chi connectivity index (χ4n) is 1.29. The number of aryl methyl sites for hydroxylation is 1. The Morgan fingerprint density at radius 1 is 1.62 bits per heavy atom. The highest BCUT2D eigenvalue weighted by molar-refractivity contribution is 9.11. The number of nitrogens with zero attached hydrogens (tertiary/aromatic N) is 1. The molecular weight excluding hydrogens is 294 g/mol. The lowest BCUT2D eigenvalue weighted by atomic mass is 10.3. The Morgan fingerprint density at radius 3 is 2.81 bits per heavy atom. The first kappa shape index (κ1) is 11.3. The zero-order valence-electron chi connectivity index (χ0n) is 8.36. The first-order chi connectivity index (χ1) is 7.61. The number of rotatable bonds is 3. The largest absolute Gasteiger partial charge is 0.475 e. The van der Waals surface area contributed by atoms with Gasteiger partial charge in [0.05, 0.1) is 14.4 Å². The normalized spacial score (nSPS) is 10.6. The van der Waals surface area contributed by atoms with E-state index in [1.54, 1.807) is 0 Å². The van der Waals surface area contributed by atoms with Crippen molar-refractivity contribution in [2.75, 3.05) is 0 Å². The number of aromatic carboxylic acids is 1. The van der Waals surface area contributed by atoms with Crippen LogP contribution >= 0.6 is 27.3 Å². The zero-order chi connectivity index (χ0) is 11.7. The van der Waals surface area contributed by atoms with Crippen LogP contribution in [0, 0.1) is 0 Å². The molecular formula is C10H8BrNO3S. The molecule has 0 unspecified atom stereocenters. The minimum absolute atomic E-state index is 0.0676. The van der Waals surface area contributed by atoms with Crippen LogP contribution in [0.5, 0.6) is 0 Å². The predicted molar refractivity (Wildman–Crippen MR) is 63.9 cm³/mol. The van der Waals surface area contributed by atoms with E-state index >= 15 is 0 Å². The molecule has 0 aliphatic carbocycles. The molecule has 2 aromatic heterocycles. The van der Waals surface area contributed by atoms with E-state index in [9.17, 15) is 4.79 Å². The van der Waals surface area contributed by atoms with Gasteiger partial charge < -0.3 is 9.52 Å². The zero-order valence-corrected chi connectivity index (χ0v) is 10.8. The molecule has 0 bridgehead atoms. The topological polar surface area (TPSA) is 63.3 Å². The van der Waals surface area contributed by atoms with E-state index in [0.717, 1.165) is 8.66 Å². The van der Waals surface area contributed by atoms with Gasteiger partial charge in [0.1, 0.15) is 0 Å². The summed E-state index contributed by atoms with van der Waals surface area (Å²) in [5.74, 6) is -0.779. The van der Waals surface area contributed by atoms with Gasteiger partial charge in [-0.25, -0.2) is 9.78 Å². The molecule has 0 saturated heterocycles. The first-order valence-corrected chi connectivity index (χ1v) is 6.21. The molecule has 4 nitrogen and oxygen atoms in total. The maximum absolute atomic E-state index is 10.9. The van der Waals surface area contributed by atoms with Crippen molar-refractivity contribution in [2.24, 2.45) is 0 Å². The van der Waals surface area contributed by atoms with Gasteiger partial charge in [-0.3, -0.25) is 0 Å². The van der Waals surface area contributed by atoms with E-state index in [4.69, 9.17) is 9.52 Å². The molecule has 0 saturated carbocycles. The third kappa shape index (κ3) is 2.03. The fraction of sp³-hybridized carbons (Fsp3) is 0.200. The van der Waals surface area contributed by atoms with Crippen molar-refractivity contribution in [1.29, 1.82) is 0 Å². The van der Waals surface area contributed by atoms with E-state index < -0.39 is 5.97 Å². The van der Waals surface area contributed by atoms with Crippen LogP contribution < -0.4 is 0 Å². The summed E-state index contributed by atoms with van der Waals surface area (Å²) in [6, 6.07) is 3.71. The number of oxazole rings is 1. The van der Waals surface area contributed by atoms with Gasteiger partial charge in [-0.15, -0.1) is 11.3 Å². The summed E-state index contributed by atoms with van der Waals surface area (Å²) in [6.07, 6.45) is 0.539. The highest BCUT2D eigenvalue weighted by Gasteiger charge is 2.19. The van der Waals surface area contributed by atoms with Gasteiger partial charge in [-0.05, 0) is 34.5 Å². The van der Waals surface area contributed by atoms with E-state index in [0.29, 0.717) is 18.0 Å². The molecule has 1 N–H and O–H groups in total. The average molecular weight is 302 g/mol. The van der Waals surface area contributed by atoms with Crippen molar-refractivity contribution in [2.45, 2.75) is 13.3 Å². The van der Waals surface area contributed by atoms with Gasteiger partial charge in [0.25, 0.3) is 0 Å². The molecule has 0 aliphatic heterocycles. The summed E-state index contributed by atoms with van der Waals surface area (Å²) in [6.45, 7) is 1.85. The highest BCUT2D eigenvalue weighted by atomic mass is 79.9. The van der Waals surface area contributed by atoms with Crippen molar-refractivity contribution in [3.63, 3.8) is 0 Å². The maximum atomic E-state index is 10.9. The standard InChI is InChI=1S/C10H8BrNO3S/c1-2-5-8(10(13)14)15-9(12-5)6-3-4-7(11)16-6/h3-4H,2H2,1H3,(H,13,14). The third-order valence-corrected chi connectivity index (χ3v) is 3.62. The Labute approximate surface area is 104 Å². The first-order valence-electron chi connectivity index (χ1n) is 4.60. The van der Waals surface area contributed by atoms with Crippen LogP contribution in [-0.2, 0) is 6.42 Å². The molecule has 0 amide bonds. The lowest BCUT2D eigenvalue weighted by molar-refractivity contribution is 0.0662. The Hall–Kier alpha value is -1.14. The molecule has 0 aromatic carbocycles.